The summed E-state index contributed by atoms with van der Waals surface area (Å²) in [5.74, 6) is -0.164. The van der Waals surface area contributed by atoms with Crippen LogP contribution in [0.2, 0.25) is 0 Å². The van der Waals surface area contributed by atoms with Crippen LogP contribution in [0.15, 0.2) is 45.9 Å². The topological polar surface area (TPSA) is 96.0 Å². The summed E-state index contributed by atoms with van der Waals surface area (Å²) < 4.78 is 0.750. The molecule has 7 heteroatoms. The fourth-order valence-electron chi connectivity index (χ4n) is 1.50. The molecule has 2 aromatic rings. The van der Waals surface area contributed by atoms with Crippen molar-refractivity contribution < 1.29 is 15.1 Å². The summed E-state index contributed by atoms with van der Waals surface area (Å²) in [5, 5.41) is 29.9. The largest absolute Gasteiger partial charge is 0.507 e. The second-order valence-corrected chi connectivity index (χ2v) is 4.81. The van der Waals surface area contributed by atoms with Crippen molar-refractivity contribution in [2.24, 2.45) is 4.99 Å². The van der Waals surface area contributed by atoms with Gasteiger partial charge in [-0.3, -0.25) is 15.1 Å². The van der Waals surface area contributed by atoms with Crippen LogP contribution in [0, 0.1) is 10.1 Å². The molecule has 0 aromatic heterocycles. The van der Waals surface area contributed by atoms with Crippen molar-refractivity contribution in [2.45, 2.75) is 0 Å². The van der Waals surface area contributed by atoms with Crippen LogP contribution in [0.25, 0.3) is 0 Å². The number of phenolic OH excluding ortho intramolecular Hbond substituents is 2. The third kappa shape index (κ3) is 3.12. The lowest BCUT2D eigenvalue weighted by Gasteiger charge is -2.01. The van der Waals surface area contributed by atoms with Crippen molar-refractivity contribution in [1.82, 2.24) is 0 Å². The average Bonchev–Trinajstić information content (AvgIpc) is 2.41. The van der Waals surface area contributed by atoms with Gasteiger partial charge in [0.2, 0.25) is 0 Å². The zero-order chi connectivity index (χ0) is 14.7. The van der Waals surface area contributed by atoms with E-state index in [0.717, 1.165) is 10.5 Å². The maximum atomic E-state index is 10.7. The smallest absolute Gasteiger partial charge is 0.271 e. The molecule has 0 saturated carbocycles. The van der Waals surface area contributed by atoms with Gasteiger partial charge < -0.3 is 10.2 Å². The molecule has 0 atom stereocenters. The summed E-state index contributed by atoms with van der Waals surface area (Å²) in [7, 11) is 0. The number of rotatable bonds is 3. The summed E-state index contributed by atoms with van der Waals surface area (Å²) in [5.41, 5.74) is 0.303. The first kappa shape index (κ1) is 14.0. The highest BCUT2D eigenvalue weighted by Crippen LogP contribution is 2.30. The number of phenols is 2. The number of hydrogen-bond acceptors (Lipinski definition) is 5. The zero-order valence-corrected chi connectivity index (χ0v) is 11.6. The molecular weight excluding hydrogens is 328 g/mol. The lowest BCUT2D eigenvalue weighted by molar-refractivity contribution is -0.384. The van der Waals surface area contributed by atoms with Gasteiger partial charge in [-0.2, -0.15) is 0 Å². The normalized spacial score (nSPS) is 10.8. The summed E-state index contributed by atoms with van der Waals surface area (Å²) in [6, 6.07) is 8.32. The number of aliphatic imine (C=N–C) groups is 1. The fourth-order valence-corrected chi connectivity index (χ4v) is 1.88. The third-order valence-electron chi connectivity index (χ3n) is 2.50. The van der Waals surface area contributed by atoms with Crippen LogP contribution in [0.4, 0.5) is 11.4 Å². The van der Waals surface area contributed by atoms with Gasteiger partial charge in [0.1, 0.15) is 17.2 Å². The van der Waals surface area contributed by atoms with Crippen molar-refractivity contribution in [3.8, 4) is 11.5 Å². The standard InChI is InChI=1S/C13H9BrN2O4/c14-9-1-3-12(17)8(5-9)7-15-11-6-10(16(19)20)2-4-13(11)18/h1-7,17-18H. The van der Waals surface area contributed by atoms with Crippen molar-refractivity contribution in [1.29, 1.82) is 0 Å². The number of aromatic hydroxyl groups is 2. The maximum Gasteiger partial charge on any atom is 0.271 e. The number of nitro benzene ring substituents is 1. The van der Waals surface area contributed by atoms with E-state index < -0.39 is 4.92 Å². The lowest BCUT2D eigenvalue weighted by Crippen LogP contribution is -1.87. The van der Waals surface area contributed by atoms with Gasteiger partial charge in [-0.1, -0.05) is 15.9 Å². The molecule has 0 amide bonds. The van der Waals surface area contributed by atoms with Gasteiger partial charge in [-0.05, 0) is 24.3 Å². The number of hydrogen-bond donors (Lipinski definition) is 2. The zero-order valence-electron chi connectivity index (χ0n) is 10.0. The minimum absolute atomic E-state index is 0.0156. The van der Waals surface area contributed by atoms with Gasteiger partial charge in [0.05, 0.1) is 4.92 Å². The molecule has 0 bridgehead atoms. The highest BCUT2D eigenvalue weighted by atomic mass is 79.9. The summed E-state index contributed by atoms with van der Waals surface area (Å²) in [6.07, 6.45) is 1.32. The number of nitro groups is 1. The maximum absolute atomic E-state index is 10.7. The van der Waals surface area contributed by atoms with Gasteiger partial charge in [0.15, 0.2) is 0 Å². The minimum atomic E-state index is -0.574. The van der Waals surface area contributed by atoms with Crippen molar-refractivity contribution in [3.63, 3.8) is 0 Å². The van der Waals surface area contributed by atoms with E-state index in [1.54, 1.807) is 12.1 Å². The Labute approximate surface area is 122 Å². The van der Waals surface area contributed by atoms with Gasteiger partial charge in [0.25, 0.3) is 5.69 Å². The van der Waals surface area contributed by atoms with E-state index in [4.69, 9.17) is 0 Å². The van der Waals surface area contributed by atoms with Crippen molar-refractivity contribution in [3.05, 3.63) is 56.5 Å². The monoisotopic (exact) mass is 336 g/mol. The minimum Gasteiger partial charge on any atom is -0.507 e. The van der Waals surface area contributed by atoms with Gasteiger partial charge in [-0.25, -0.2) is 0 Å². The van der Waals surface area contributed by atoms with Crippen molar-refractivity contribution >= 4 is 33.5 Å². The van der Waals surface area contributed by atoms with E-state index in [9.17, 15) is 20.3 Å². The first-order valence-corrected chi connectivity index (χ1v) is 6.26. The first-order valence-electron chi connectivity index (χ1n) is 5.47. The van der Waals surface area contributed by atoms with Crippen LogP contribution in [0.3, 0.4) is 0 Å². The van der Waals surface area contributed by atoms with Crippen molar-refractivity contribution in [2.75, 3.05) is 0 Å². The molecule has 0 heterocycles. The molecule has 0 unspecified atom stereocenters. The summed E-state index contributed by atoms with van der Waals surface area (Å²) in [6.45, 7) is 0. The SMILES string of the molecule is O=[N+]([O-])c1ccc(O)c(N=Cc2cc(Br)ccc2O)c1. The number of non-ortho nitro benzene ring substituents is 1. The Morgan fingerprint density at radius 3 is 2.55 bits per heavy atom. The Morgan fingerprint density at radius 1 is 1.15 bits per heavy atom. The molecule has 0 spiro atoms. The Kier molecular flexibility index (Phi) is 3.99. The van der Waals surface area contributed by atoms with E-state index in [1.807, 2.05) is 0 Å². The van der Waals surface area contributed by atoms with Crippen LogP contribution < -0.4 is 0 Å². The Morgan fingerprint density at radius 2 is 1.85 bits per heavy atom. The number of nitrogens with zero attached hydrogens (tertiary/aromatic N) is 2. The second-order valence-electron chi connectivity index (χ2n) is 3.89. The van der Waals surface area contributed by atoms with E-state index in [1.165, 1.54) is 24.4 Å². The Balaban J connectivity index is 2.38. The van der Waals surface area contributed by atoms with Crippen LogP contribution in [0.5, 0.6) is 11.5 Å². The van der Waals surface area contributed by atoms with Crippen LogP contribution in [-0.4, -0.2) is 21.4 Å². The molecule has 0 aliphatic carbocycles. The van der Waals surface area contributed by atoms with E-state index in [0.29, 0.717) is 5.56 Å². The van der Waals surface area contributed by atoms with Crippen LogP contribution in [-0.2, 0) is 0 Å². The van der Waals surface area contributed by atoms with E-state index in [2.05, 4.69) is 20.9 Å². The highest BCUT2D eigenvalue weighted by Gasteiger charge is 2.09. The summed E-state index contributed by atoms with van der Waals surface area (Å²) in [4.78, 5) is 14.0. The third-order valence-corrected chi connectivity index (χ3v) is 3.00. The Bertz CT molecular complexity index is 701. The Hall–Kier alpha value is -2.41. The number of benzene rings is 2. The average molecular weight is 337 g/mol. The second kappa shape index (κ2) is 5.70. The molecular formula is C13H9BrN2O4. The van der Waals surface area contributed by atoms with Gasteiger partial charge in [0, 0.05) is 28.4 Å². The molecule has 20 heavy (non-hydrogen) atoms. The molecule has 0 saturated heterocycles. The van der Waals surface area contributed by atoms with Gasteiger partial charge in [-0.15, -0.1) is 0 Å². The van der Waals surface area contributed by atoms with E-state index in [-0.39, 0.29) is 22.9 Å². The first-order chi connectivity index (χ1) is 9.47. The molecule has 2 aromatic carbocycles. The van der Waals surface area contributed by atoms with Crippen LogP contribution >= 0.6 is 15.9 Å². The molecule has 6 nitrogen and oxygen atoms in total. The molecule has 0 aliphatic rings. The predicted molar refractivity (Wildman–Crippen MR) is 77.8 cm³/mol. The van der Waals surface area contributed by atoms with Gasteiger partial charge >= 0.3 is 0 Å². The molecule has 2 N–H and O–H groups in total. The fraction of sp³-hybridized carbons (Fsp3) is 0. The summed E-state index contributed by atoms with van der Waals surface area (Å²) >= 11 is 3.26. The quantitative estimate of drug-likeness (QED) is 0.509. The van der Waals surface area contributed by atoms with E-state index >= 15 is 0 Å². The molecule has 102 valence electrons. The molecule has 0 fully saturated rings. The highest BCUT2D eigenvalue weighted by molar-refractivity contribution is 9.10. The van der Waals surface area contributed by atoms with Crippen LogP contribution in [0.1, 0.15) is 5.56 Å². The lowest BCUT2D eigenvalue weighted by atomic mass is 10.2. The molecule has 0 aliphatic heterocycles. The molecule has 2 rings (SSSR count). The predicted octanol–water partition coefficient (Wildman–Crippen LogP) is 3.52. The molecule has 0 radical (unpaired) electrons. The number of halogens is 1.